The summed E-state index contributed by atoms with van der Waals surface area (Å²) in [5, 5.41) is 3.10. The van der Waals surface area contributed by atoms with Crippen LogP contribution in [0.1, 0.15) is 22.3 Å². The lowest BCUT2D eigenvalue weighted by molar-refractivity contribution is 0.531. The predicted molar refractivity (Wildman–Crippen MR) is 63.9 cm³/mol. The second kappa shape index (κ2) is 4.47. The van der Waals surface area contributed by atoms with Crippen molar-refractivity contribution in [1.82, 2.24) is 4.98 Å². The summed E-state index contributed by atoms with van der Waals surface area (Å²) in [4.78, 5) is 4.38. The molecule has 0 saturated carbocycles. The molecule has 0 fully saturated rings. The Morgan fingerprint density at radius 1 is 1.67 bits per heavy atom. The Balaban J connectivity index is 2.10. The molecule has 2 aromatic rings. The van der Waals surface area contributed by atoms with Gasteiger partial charge in [0.2, 0.25) is 0 Å². The third-order valence-electron chi connectivity index (χ3n) is 2.11. The van der Waals surface area contributed by atoms with E-state index in [1.165, 1.54) is 0 Å². The molecular formula is C10H11BrN2OS. The number of aryl methyl sites for hydroxylation is 1. The van der Waals surface area contributed by atoms with E-state index in [2.05, 4.69) is 20.9 Å². The van der Waals surface area contributed by atoms with Crippen molar-refractivity contribution in [2.45, 2.75) is 19.4 Å². The van der Waals surface area contributed by atoms with Gasteiger partial charge < -0.3 is 10.2 Å². The summed E-state index contributed by atoms with van der Waals surface area (Å²) in [6.07, 6.45) is 2.38. The van der Waals surface area contributed by atoms with Gasteiger partial charge in [0.1, 0.15) is 0 Å². The highest BCUT2D eigenvalue weighted by Gasteiger charge is 2.14. The number of hydrogen-bond acceptors (Lipinski definition) is 4. The molecule has 15 heavy (non-hydrogen) atoms. The summed E-state index contributed by atoms with van der Waals surface area (Å²) in [7, 11) is 0. The molecule has 1 unspecified atom stereocenters. The minimum atomic E-state index is -0.0660. The van der Waals surface area contributed by atoms with Crippen molar-refractivity contribution in [1.29, 1.82) is 0 Å². The molecule has 2 rings (SSSR count). The van der Waals surface area contributed by atoms with E-state index in [1.54, 1.807) is 17.6 Å². The molecule has 2 aromatic heterocycles. The highest BCUT2D eigenvalue weighted by atomic mass is 79.9. The Morgan fingerprint density at radius 2 is 2.47 bits per heavy atom. The number of nitrogens with zero attached hydrogens (tertiary/aromatic N) is 1. The summed E-state index contributed by atoms with van der Waals surface area (Å²) >= 11 is 4.97. The van der Waals surface area contributed by atoms with Crippen LogP contribution < -0.4 is 5.73 Å². The lowest BCUT2D eigenvalue weighted by atomic mass is 10.1. The maximum Gasteiger partial charge on any atom is 0.173 e. The van der Waals surface area contributed by atoms with E-state index >= 15 is 0 Å². The zero-order chi connectivity index (χ0) is 10.8. The molecule has 0 saturated heterocycles. The number of furan rings is 1. The fourth-order valence-electron chi connectivity index (χ4n) is 1.36. The minimum absolute atomic E-state index is 0.0660. The van der Waals surface area contributed by atoms with Crippen LogP contribution >= 0.6 is 27.3 Å². The highest BCUT2D eigenvalue weighted by molar-refractivity contribution is 9.10. The van der Waals surface area contributed by atoms with Crippen molar-refractivity contribution in [2.24, 2.45) is 5.73 Å². The van der Waals surface area contributed by atoms with Crippen molar-refractivity contribution >= 4 is 27.3 Å². The first-order valence-electron chi connectivity index (χ1n) is 4.56. The fraction of sp³-hybridized carbons (Fsp3) is 0.300. The molecule has 0 aliphatic rings. The van der Waals surface area contributed by atoms with Crippen LogP contribution in [0, 0.1) is 6.92 Å². The SMILES string of the molecule is Cc1csc(CC(N)c2ccoc2Br)n1. The lowest BCUT2D eigenvalue weighted by Gasteiger charge is -2.07. The van der Waals surface area contributed by atoms with Gasteiger partial charge in [-0.15, -0.1) is 11.3 Å². The zero-order valence-electron chi connectivity index (χ0n) is 8.24. The van der Waals surface area contributed by atoms with Gasteiger partial charge in [-0.25, -0.2) is 4.98 Å². The summed E-state index contributed by atoms with van der Waals surface area (Å²) in [5.74, 6) is 0. The monoisotopic (exact) mass is 286 g/mol. The summed E-state index contributed by atoms with van der Waals surface area (Å²) in [5.41, 5.74) is 8.10. The van der Waals surface area contributed by atoms with Crippen LogP contribution in [-0.2, 0) is 6.42 Å². The molecule has 0 bridgehead atoms. The molecule has 3 nitrogen and oxygen atoms in total. The van der Waals surface area contributed by atoms with Gasteiger partial charge >= 0.3 is 0 Å². The van der Waals surface area contributed by atoms with Crippen LogP contribution in [0.15, 0.2) is 26.8 Å². The molecule has 0 aliphatic carbocycles. The van der Waals surface area contributed by atoms with E-state index in [0.29, 0.717) is 4.67 Å². The molecule has 1 atom stereocenters. The van der Waals surface area contributed by atoms with Crippen LogP contribution in [-0.4, -0.2) is 4.98 Å². The standard InChI is InChI=1S/C10H11BrN2OS/c1-6-5-15-9(13-6)4-8(12)7-2-3-14-10(7)11/h2-3,5,8H,4,12H2,1H3. The van der Waals surface area contributed by atoms with Crippen LogP contribution in [0.25, 0.3) is 0 Å². The van der Waals surface area contributed by atoms with Crippen molar-refractivity contribution in [3.8, 4) is 0 Å². The van der Waals surface area contributed by atoms with Gasteiger partial charge in [-0.1, -0.05) is 0 Å². The van der Waals surface area contributed by atoms with Gasteiger partial charge in [-0.3, -0.25) is 0 Å². The van der Waals surface area contributed by atoms with Crippen LogP contribution in [0.5, 0.6) is 0 Å². The molecule has 80 valence electrons. The molecule has 2 N–H and O–H groups in total. The van der Waals surface area contributed by atoms with E-state index in [4.69, 9.17) is 10.2 Å². The van der Waals surface area contributed by atoms with Gasteiger partial charge in [0.15, 0.2) is 4.67 Å². The quantitative estimate of drug-likeness (QED) is 0.944. The molecule has 5 heteroatoms. The molecule has 0 spiro atoms. The predicted octanol–water partition coefficient (Wildman–Crippen LogP) is 3.05. The molecule has 0 amide bonds. The third kappa shape index (κ3) is 2.48. The summed E-state index contributed by atoms with van der Waals surface area (Å²) in [6.45, 7) is 1.99. The van der Waals surface area contributed by atoms with Gasteiger partial charge in [-0.05, 0) is 28.9 Å². The number of halogens is 1. The normalized spacial score (nSPS) is 13.0. The van der Waals surface area contributed by atoms with Crippen LogP contribution in [0.3, 0.4) is 0 Å². The van der Waals surface area contributed by atoms with Gasteiger partial charge in [0.25, 0.3) is 0 Å². The highest BCUT2D eigenvalue weighted by Crippen LogP contribution is 2.26. The molecular weight excluding hydrogens is 276 g/mol. The zero-order valence-corrected chi connectivity index (χ0v) is 10.6. The Kier molecular flexibility index (Phi) is 3.23. The van der Waals surface area contributed by atoms with Crippen LogP contribution in [0.2, 0.25) is 0 Å². The van der Waals surface area contributed by atoms with Gasteiger partial charge in [0.05, 0.1) is 11.3 Å². The van der Waals surface area contributed by atoms with E-state index in [9.17, 15) is 0 Å². The summed E-state index contributed by atoms with van der Waals surface area (Å²) in [6, 6.07) is 1.82. The largest absolute Gasteiger partial charge is 0.457 e. The maximum absolute atomic E-state index is 6.06. The average molecular weight is 287 g/mol. The second-order valence-corrected chi connectivity index (χ2v) is 5.01. The van der Waals surface area contributed by atoms with E-state index in [-0.39, 0.29) is 6.04 Å². The molecule has 2 heterocycles. The smallest absolute Gasteiger partial charge is 0.173 e. The average Bonchev–Trinajstić information content (AvgIpc) is 2.75. The van der Waals surface area contributed by atoms with E-state index in [0.717, 1.165) is 22.7 Å². The maximum atomic E-state index is 6.06. The van der Waals surface area contributed by atoms with E-state index in [1.807, 2.05) is 18.4 Å². The van der Waals surface area contributed by atoms with Gasteiger partial charge in [0, 0.05) is 29.1 Å². The minimum Gasteiger partial charge on any atom is -0.457 e. The van der Waals surface area contributed by atoms with Crippen molar-refractivity contribution in [3.63, 3.8) is 0 Å². The number of hydrogen-bond donors (Lipinski definition) is 1. The molecule has 0 aliphatic heterocycles. The van der Waals surface area contributed by atoms with Gasteiger partial charge in [-0.2, -0.15) is 0 Å². The fourth-order valence-corrected chi connectivity index (χ4v) is 2.73. The first-order valence-corrected chi connectivity index (χ1v) is 6.23. The Hall–Kier alpha value is -0.650. The van der Waals surface area contributed by atoms with E-state index < -0.39 is 0 Å². The Bertz CT molecular complexity index is 452. The number of thiazole rings is 1. The topological polar surface area (TPSA) is 52.0 Å². The number of aromatic nitrogens is 1. The van der Waals surface area contributed by atoms with Crippen molar-refractivity contribution < 1.29 is 4.42 Å². The second-order valence-electron chi connectivity index (χ2n) is 3.34. The first-order chi connectivity index (χ1) is 7.16. The third-order valence-corrected chi connectivity index (χ3v) is 3.74. The van der Waals surface area contributed by atoms with Crippen molar-refractivity contribution in [3.05, 3.63) is 38.6 Å². The number of rotatable bonds is 3. The molecule has 0 radical (unpaired) electrons. The Morgan fingerprint density at radius 3 is 3.00 bits per heavy atom. The molecule has 0 aromatic carbocycles. The van der Waals surface area contributed by atoms with Crippen LogP contribution in [0.4, 0.5) is 0 Å². The first kappa shape index (κ1) is 10.9. The lowest BCUT2D eigenvalue weighted by Crippen LogP contribution is -2.12. The summed E-state index contributed by atoms with van der Waals surface area (Å²) < 4.78 is 5.86. The Labute approximate surface area is 100 Å². The number of nitrogens with two attached hydrogens (primary N) is 1. The van der Waals surface area contributed by atoms with Crippen molar-refractivity contribution in [2.75, 3.05) is 0 Å².